The van der Waals surface area contributed by atoms with Crippen LogP contribution in [0.1, 0.15) is 32.7 Å². The summed E-state index contributed by atoms with van der Waals surface area (Å²) in [5.74, 6) is -0.0429. The van der Waals surface area contributed by atoms with E-state index in [0.29, 0.717) is 35.8 Å². The number of nitrogens with one attached hydrogen (secondary N) is 3. The fourth-order valence-electron chi connectivity index (χ4n) is 3.88. The SMILES string of the molecule is Cc1ccccc1Nc1ncc(C(=O)N[C@H]2CCOC2)cc1NC(=O)c1csc2ccccc12. The molecule has 1 saturated heterocycles. The Balaban J connectivity index is 1.46. The predicted molar refractivity (Wildman–Crippen MR) is 135 cm³/mol. The molecule has 3 heterocycles. The Kier molecular flexibility index (Phi) is 6.24. The second-order valence-electron chi connectivity index (χ2n) is 8.19. The molecular weight excluding hydrogens is 448 g/mol. The van der Waals surface area contributed by atoms with Crippen LogP contribution in [0.4, 0.5) is 17.2 Å². The maximum absolute atomic E-state index is 13.2. The minimum atomic E-state index is -0.256. The van der Waals surface area contributed by atoms with Gasteiger partial charge in [-0.1, -0.05) is 36.4 Å². The highest BCUT2D eigenvalue weighted by Gasteiger charge is 2.21. The van der Waals surface area contributed by atoms with Gasteiger partial charge in [0.05, 0.1) is 29.5 Å². The van der Waals surface area contributed by atoms with E-state index in [4.69, 9.17) is 4.74 Å². The van der Waals surface area contributed by atoms with Crippen molar-refractivity contribution in [1.29, 1.82) is 0 Å². The highest BCUT2D eigenvalue weighted by Crippen LogP contribution is 2.29. The molecule has 3 N–H and O–H groups in total. The third-order valence-corrected chi connectivity index (χ3v) is 6.75. The van der Waals surface area contributed by atoms with E-state index in [-0.39, 0.29) is 17.9 Å². The summed E-state index contributed by atoms with van der Waals surface area (Å²) in [6, 6.07) is 17.2. The first-order valence-corrected chi connectivity index (χ1v) is 12.0. The Morgan fingerprint density at radius 3 is 2.71 bits per heavy atom. The number of carbonyl (C=O) groups is 2. The number of carbonyl (C=O) groups excluding carboxylic acids is 2. The number of amides is 2. The van der Waals surface area contributed by atoms with E-state index in [1.807, 2.05) is 60.8 Å². The van der Waals surface area contributed by atoms with Crippen LogP contribution in [0.25, 0.3) is 10.1 Å². The molecule has 7 nitrogen and oxygen atoms in total. The zero-order chi connectivity index (χ0) is 23.5. The third kappa shape index (κ3) is 4.64. The van der Waals surface area contributed by atoms with Gasteiger partial charge in [0.2, 0.25) is 0 Å². The highest BCUT2D eigenvalue weighted by atomic mass is 32.1. The van der Waals surface area contributed by atoms with Crippen LogP contribution in [-0.4, -0.2) is 36.1 Å². The summed E-state index contributed by atoms with van der Waals surface area (Å²) in [4.78, 5) is 30.6. The molecule has 8 heteroatoms. The summed E-state index contributed by atoms with van der Waals surface area (Å²) in [5, 5.41) is 12.0. The van der Waals surface area contributed by atoms with Crippen LogP contribution in [0.2, 0.25) is 0 Å². The van der Waals surface area contributed by atoms with Crippen molar-refractivity contribution < 1.29 is 14.3 Å². The van der Waals surface area contributed by atoms with Crippen LogP contribution < -0.4 is 16.0 Å². The number of pyridine rings is 1. The highest BCUT2D eigenvalue weighted by molar-refractivity contribution is 7.17. The monoisotopic (exact) mass is 472 g/mol. The molecule has 34 heavy (non-hydrogen) atoms. The van der Waals surface area contributed by atoms with Crippen molar-refractivity contribution >= 4 is 50.4 Å². The molecule has 1 fully saturated rings. The number of ether oxygens (including phenoxy) is 1. The second kappa shape index (κ2) is 9.62. The molecule has 5 rings (SSSR count). The van der Waals surface area contributed by atoms with Crippen molar-refractivity contribution in [2.45, 2.75) is 19.4 Å². The average molecular weight is 473 g/mol. The molecule has 4 aromatic rings. The molecule has 1 aliphatic rings. The summed E-state index contributed by atoms with van der Waals surface area (Å²) in [6.45, 7) is 3.13. The summed E-state index contributed by atoms with van der Waals surface area (Å²) in [5.41, 5.74) is 3.28. The largest absolute Gasteiger partial charge is 0.379 e. The second-order valence-corrected chi connectivity index (χ2v) is 9.10. The molecule has 0 spiro atoms. The lowest BCUT2D eigenvalue weighted by Crippen LogP contribution is -2.35. The van der Waals surface area contributed by atoms with Crippen molar-refractivity contribution in [3.63, 3.8) is 0 Å². The van der Waals surface area contributed by atoms with E-state index in [0.717, 1.165) is 27.8 Å². The smallest absolute Gasteiger partial charge is 0.257 e. The number of rotatable bonds is 6. The fraction of sp³-hybridized carbons (Fsp3) is 0.192. The Hall–Kier alpha value is -3.75. The number of anilines is 3. The van der Waals surface area contributed by atoms with Gasteiger partial charge in [-0.2, -0.15) is 0 Å². The molecule has 2 amide bonds. The molecule has 2 aromatic heterocycles. The zero-order valence-corrected chi connectivity index (χ0v) is 19.4. The van der Waals surface area contributed by atoms with Gasteiger partial charge in [-0.05, 0) is 37.1 Å². The van der Waals surface area contributed by atoms with Crippen LogP contribution in [0, 0.1) is 6.92 Å². The summed E-state index contributed by atoms with van der Waals surface area (Å²) >= 11 is 1.52. The van der Waals surface area contributed by atoms with Gasteiger partial charge < -0.3 is 20.7 Å². The quantitative estimate of drug-likeness (QED) is 0.362. The number of thiophene rings is 1. The van der Waals surface area contributed by atoms with Gasteiger partial charge in [0.25, 0.3) is 11.8 Å². The first-order chi connectivity index (χ1) is 16.6. The van der Waals surface area contributed by atoms with E-state index in [9.17, 15) is 9.59 Å². The van der Waals surface area contributed by atoms with Crippen molar-refractivity contribution in [2.75, 3.05) is 23.8 Å². The lowest BCUT2D eigenvalue weighted by Gasteiger charge is -2.16. The Labute approximate surface area is 201 Å². The van der Waals surface area contributed by atoms with Gasteiger partial charge in [0.1, 0.15) is 0 Å². The lowest BCUT2D eigenvalue weighted by molar-refractivity contribution is 0.0928. The number of hydrogen-bond donors (Lipinski definition) is 3. The number of aryl methyl sites for hydroxylation is 1. The van der Waals surface area contributed by atoms with E-state index in [1.54, 1.807) is 6.07 Å². The van der Waals surface area contributed by atoms with Crippen LogP contribution >= 0.6 is 11.3 Å². The average Bonchev–Trinajstić information content (AvgIpc) is 3.51. The van der Waals surface area contributed by atoms with Crippen LogP contribution in [0.3, 0.4) is 0 Å². The maximum atomic E-state index is 13.2. The maximum Gasteiger partial charge on any atom is 0.257 e. The zero-order valence-electron chi connectivity index (χ0n) is 18.6. The van der Waals surface area contributed by atoms with E-state index in [1.165, 1.54) is 17.5 Å². The summed E-state index contributed by atoms with van der Waals surface area (Å²) < 4.78 is 6.38. The normalized spacial score (nSPS) is 15.3. The predicted octanol–water partition coefficient (Wildman–Crippen LogP) is 5.12. The van der Waals surface area contributed by atoms with E-state index < -0.39 is 0 Å². The first-order valence-electron chi connectivity index (χ1n) is 11.1. The van der Waals surface area contributed by atoms with Gasteiger partial charge in [-0.25, -0.2) is 4.98 Å². The molecule has 2 aromatic carbocycles. The third-order valence-electron chi connectivity index (χ3n) is 5.79. The lowest BCUT2D eigenvalue weighted by atomic mass is 10.1. The van der Waals surface area contributed by atoms with Gasteiger partial charge in [0, 0.05) is 34.0 Å². The molecule has 0 unspecified atom stereocenters. The van der Waals surface area contributed by atoms with Crippen LogP contribution in [0.5, 0.6) is 0 Å². The minimum absolute atomic E-state index is 0.0209. The van der Waals surface area contributed by atoms with Crippen molar-refractivity contribution in [3.8, 4) is 0 Å². The van der Waals surface area contributed by atoms with E-state index in [2.05, 4.69) is 20.9 Å². The minimum Gasteiger partial charge on any atom is -0.379 e. The van der Waals surface area contributed by atoms with Crippen LogP contribution in [0.15, 0.2) is 66.2 Å². The number of fused-ring (bicyclic) bond motifs is 1. The van der Waals surface area contributed by atoms with E-state index >= 15 is 0 Å². The van der Waals surface area contributed by atoms with Crippen molar-refractivity contribution in [1.82, 2.24) is 10.3 Å². The standard InChI is InChI=1S/C26H24N4O3S/c1-16-6-2-4-8-21(16)29-24-22(12-17(13-27-24)25(31)28-18-10-11-33-14-18)30-26(32)20-15-34-23-9-5-3-7-19(20)23/h2-9,12-13,15,18H,10-11,14H2,1H3,(H,27,29)(H,28,31)(H,30,32)/t18-/m0/s1. The molecule has 1 aliphatic heterocycles. The molecule has 172 valence electrons. The van der Waals surface area contributed by atoms with Crippen molar-refractivity contribution in [2.24, 2.45) is 0 Å². The molecule has 0 saturated carbocycles. The fourth-order valence-corrected chi connectivity index (χ4v) is 4.83. The van der Waals surface area contributed by atoms with Gasteiger partial charge >= 0.3 is 0 Å². The van der Waals surface area contributed by atoms with Gasteiger partial charge in [-0.15, -0.1) is 11.3 Å². The Morgan fingerprint density at radius 2 is 1.88 bits per heavy atom. The van der Waals surface area contributed by atoms with Crippen LogP contribution in [-0.2, 0) is 4.74 Å². The first kappa shape index (κ1) is 22.1. The number of benzene rings is 2. The topological polar surface area (TPSA) is 92.3 Å². The number of para-hydroxylation sites is 1. The molecule has 1 atom stereocenters. The molecule has 0 aliphatic carbocycles. The summed E-state index contributed by atoms with van der Waals surface area (Å²) in [7, 11) is 0. The van der Waals surface area contributed by atoms with Gasteiger partial charge in [0.15, 0.2) is 5.82 Å². The van der Waals surface area contributed by atoms with Gasteiger partial charge in [-0.3, -0.25) is 9.59 Å². The Bertz CT molecular complexity index is 1360. The number of nitrogens with zero attached hydrogens (tertiary/aromatic N) is 1. The number of aromatic nitrogens is 1. The number of hydrogen-bond acceptors (Lipinski definition) is 6. The molecule has 0 bridgehead atoms. The Morgan fingerprint density at radius 1 is 1.06 bits per heavy atom. The molecule has 0 radical (unpaired) electrons. The summed E-state index contributed by atoms with van der Waals surface area (Å²) in [6.07, 6.45) is 2.29. The van der Waals surface area contributed by atoms with Crippen molar-refractivity contribution in [3.05, 3.63) is 82.9 Å². The molecular formula is C26H24N4O3S.